The summed E-state index contributed by atoms with van der Waals surface area (Å²) >= 11 is 3.67. The van der Waals surface area contributed by atoms with E-state index in [2.05, 4.69) is 20.4 Å². The first kappa shape index (κ1) is 31.0. The molecule has 4 heterocycles. The number of carboxylic acids is 2. The van der Waals surface area contributed by atoms with E-state index in [0.29, 0.717) is 22.3 Å². The number of nitrogens with one attached hydrogen (secondary N) is 1. The molecule has 3 atom stereocenters. The van der Waals surface area contributed by atoms with Gasteiger partial charge in [0.15, 0.2) is 10.8 Å². The van der Waals surface area contributed by atoms with Gasteiger partial charge in [-0.1, -0.05) is 17.3 Å². The number of oxime groups is 1. The van der Waals surface area contributed by atoms with Crippen molar-refractivity contribution in [3.05, 3.63) is 46.6 Å². The highest BCUT2D eigenvalue weighted by atomic mass is 32.2. The first-order chi connectivity index (χ1) is 21.0. The van der Waals surface area contributed by atoms with Crippen LogP contribution in [0.1, 0.15) is 19.0 Å². The number of hydrogen-bond donors (Lipinski definition) is 5. The van der Waals surface area contributed by atoms with Crippen LogP contribution in [0.15, 0.2) is 51.2 Å². The molecule has 1 aromatic carbocycles. The molecule has 44 heavy (non-hydrogen) atoms. The molecule has 2 aliphatic rings. The van der Waals surface area contributed by atoms with Crippen LogP contribution in [0.3, 0.4) is 0 Å². The van der Waals surface area contributed by atoms with E-state index in [1.165, 1.54) is 40.7 Å². The average molecular weight is 660 g/mol. The molecule has 230 valence electrons. The number of nitrogen functional groups attached to an aromatic ring is 2. The lowest BCUT2D eigenvalue weighted by atomic mass is 10.0. The minimum Gasteiger partial charge on any atom is -0.481 e. The van der Waals surface area contributed by atoms with Gasteiger partial charge in [0.25, 0.3) is 17.6 Å². The van der Waals surface area contributed by atoms with E-state index in [1.807, 2.05) is 35.9 Å². The second-order valence-electron chi connectivity index (χ2n) is 9.79. The molecule has 5 rings (SSSR count). The number of aryl methyl sites for hydroxylation is 1. The maximum atomic E-state index is 13.3. The summed E-state index contributed by atoms with van der Waals surface area (Å²) in [6.07, 6.45) is -1.22. The van der Waals surface area contributed by atoms with Crippen LogP contribution in [0, 0.1) is 0 Å². The van der Waals surface area contributed by atoms with Gasteiger partial charge in [-0.3, -0.25) is 19.3 Å². The summed E-state index contributed by atoms with van der Waals surface area (Å²) in [5, 5.41) is 27.8. The van der Waals surface area contributed by atoms with Crippen molar-refractivity contribution in [1.29, 1.82) is 0 Å². The lowest BCUT2D eigenvalue weighted by molar-refractivity contribution is -0.687. The van der Waals surface area contributed by atoms with Gasteiger partial charge in [-0.25, -0.2) is 14.3 Å². The van der Waals surface area contributed by atoms with Gasteiger partial charge in [0.2, 0.25) is 0 Å². The number of rotatable bonds is 11. The Morgan fingerprint density at radius 1 is 1.27 bits per heavy atom. The van der Waals surface area contributed by atoms with Crippen LogP contribution in [0.4, 0.5) is 10.9 Å². The molecule has 0 saturated carbocycles. The van der Waals surface area contributed by atoms with Crippen molar-refractivity contribution < 1.29 is 38.8 Å². The van der Waals surface area contributed by atoms with Crippen LogP contribution < -0.4 is 21.4 Å². The summed E-state index contributed by atoms with van der Waals surface area (Å²) in [4.78, 5) is 64.7. The standard InChI is InChI=1S/C26H26N8O7S3/c1-11(7-16(35)36)41-32-17(14-10-43-25(28)29-14)21(37)30-18-22(38)34-19(24(39)40)12(8-42-23(18)34)9-44-26-31-20(27)13-5-3-4-6-15(13)33(26)2/h3-6,10-11,18,23,27H,7-9H2,1-2H3,(H5,28,29,30,35,36,37,39,40)/p+1/b32-17-/t11?,18?,23-/m1/s1. The van der Waals surface area contributed by atoms with Crippen molar-refractivity contribution in [3.63, 3.8) is 0 Å². The number of β-lactam (4-membered cyclic amide) rings is 1. The third-order valence-corrected chi connectivity index (χ3v) is 9.85. The molecule has 1 fully saturated rings. The normalized spacial score (nSPS) is 18.9. The SMILES string of the molecule is CC(CC(=O)O)O/N=C(\C(=O)NC1C(=O)N2C(C(=O)O)=C(CSc3nc(N)c4ccccc4[n+]3C)CS[C@H]12)c1csc(N)n1. The van der Waals surface area contributed by atoms with Crippen molar-refractivity contribution in [2.75, 3.05) is 23.0 Å². The lowest BCUT2D eigenvalue weighted by Crippen LogP contribution is -2.71. The van der Waals surface area contributed by atoms with E-state index in [-0.39, 0.29) is 34.4 Å². The van der Waals surface area contributed by atoms with E-state index in [4.69, 9.17) is 21.4 Å². The van der Waals surface area contributed by atoms with Gasteiger partial charge in [0, 0.05) is 16.9 Å². The zero-order chi connectivity index (χ0) is 31.7. The van der Waals surface area contributed by atoms with Crippen LogP contribution in [-0.2, 0) is 31.1 Å². The number of carboxylic acid groups (broad SMARTS) is 2. The van der Waals surface area contributed by atoms with Gasteiger partial charge in [0.05, 0.1) is 18.9 Å². The number of anilines is 2. The Morgan fingerprint density at radius 2 is 2.02 bits per heavy atom. The fourth-order valence-electron chi connectivity index (χ4n) is 4.64. The summed E-state index contributed by atoms with van der Waals surface area (Å²) < 4.78 is 1.87. The first-order valence-electron chi connectivity index (χ1n) is 13.0. The van der Waals surface area contributed by atoms with E-state index < -0.39 is 41.3 Å². The molecule has 2 aliphatic heterocycles. The Labute approximate surface area is 262 Å². The number of aliphatic carboxylic acids is 2. The topological polar surface area (TPSA) is 227 Å². The molecule has 2 unspecified atom stereocenters. The lowest BCUT2D eigenvalue weighted by Gasteiger charge is -2.49. The van der Waals surface area contributed by atoms with Crippen molar-refractivity contribution in [1.82, 2.24) is 20.2 Å². The average Bonchev–Trinajstić information content (AvgIpc) is 3.41. The number of thiazole rings is 1. The van der Waals surface area contributed by atoms with Gasteiger partial charge in [-0.15, -0.1) is 23.1 Å². The largest absolute Gasteiger partial charge is 0.481 e. The smallest absolute Gasteiger partial charge is 0.362 e. The molecule has 3 aromatic rings. The molecule has 0 spiro atoms. The van der Waals surface area contributed by atoms with Crippen molar-refractivity contribution >= 4 is 86.2 Å². The molecule has 2 aromatic heterocycles. The van der Waals surface area contributed by atoms with Crippen LogP contribution >= 0.6 is 34.9 Å². The molecular formula is C26H27N8O7S3+. The molecule has 0 radical (unpaired) electrons. The summed E-state index contributed by atoms with van der Waals surface area (Å²) in [6, 6.07) is 6.49. The number of para-hydroxylation sites is 1. The Kier molecular flexibility index (Phi) is 8.93. The number of nitrogens with zero attached hydrogens (tertiary/aromatic N) is 5. The van der Waals surface area contributed by atoms with Gasteiger partial charge in [0.1, 0.15) is 34.4 Å². The summed E-state index contributed by atoms with van der Waals surface area (Å²) in [6.45, 7) is 1.47. The number of amides is 2. The first-order valence-corrected chi connectivity index (χ1v) is 15.9. The number of thioether (sulfide) groups is 2. The number of fused-ring (bicyclic) bond motifs is 2. The number of nitrogens with two attached hydrogens (primary N) is 2. The second-order valence-corrected chi connectivity index (χ2v) is 12.7. The molecule has 2 amide bonds. The Balaban J connectivity index is 1.33. The molecule has 1 saturated heterocycles. The maximum absolute atomic E-state index is 13.3. The van der Waals surface area contributed by atoms with E-state index >= 15 is 0 Å². The fourth-order valence-corrected chi connectivity index (χ4v) is 7.66. The number of hydrogen-bond acceptors (Lipinski definition) is 13. The monoisotopic (exact) mass is 659 g/mol. The summed E-state index contributed by atoms with van der Waals surface area (Å²) in [5.74, 6) is -2.90. The quantitative estimate of drug-likeness (QED) is 0.0480. The van der Waals surface area contributed by atoms with Gasteiger partial charge in [-0.2, -0.15) is 0 Å². The fraction of sp³-hybridized carbons (Fsp3) is 0.308. The highest BCUT2D eigenvalue weighted by Gasteiger charge is 2.54. The van der Waals surface area contributed by atoms with Crippen molar-refractivity contribution in [2.24, 2.45) is 12.2 Å². The highest BCUT2D eigenvalue weighted by Crippen LogP contribution is 2.41. The minimum absolute atomic E-state index is 0.0778. The number of carbonyl (C=O) groups excluding carboxylic acids is 2. The third kappa shape index (κ3) is 6.13. The van der Waals surface area contributed by atoms with Gasteiger partial charge < -0.3 is 31.8 Å². The maximum Gasteiger partial charge on any atom is 0.362 e. The molecule has 18 heteroatoms. The number of carbonyl (C=O) groups is 4. The predicted octanol–water partition coefficient (Wildman–Crippen LogP) is 0.795. The van der Waals surface area contributed by atoms with Gasteiger partial charge in [-0.05, 0) is 41.4 Å². The minimum atomic E-state index is -1.26. The number of benzene rings is 1. The molecule has 7 N–H and O–H groups in total. The van der Waals surface area contributed by atoms with E-state index in [1.54, 1.807) is 0 Å². The van der Waals surface area contributed by atoms with E-state index in [9.17, 15) is 24.3 Å². The van der Waals surface area contributed by atoms with Crippen LogP contribution in [-0.4, -0.2) is 83.6 Å². The third-order valence-electron chi connectivity index (χ3n) is 6.72. The van der Waals surface area contributed by atoms with Crippen LogP contribution in [0.25, 0.3) is 10.9 Å². The van der Waals surface area contributed by atoms with Crippen molar-refractivity contribution in [3.8, 4) is 0 Å². The molecule has 15 nitrogen and oxygen atoms in total. The zero-order valence-corrected chi connectivity index (χ0v) is 25.7. The molecular weight excluding hydrogens is 633 g/mol. The summed E-state index contributed by atoms with van der Waals surface area (Å²) in [5.41, 5.74) is 12.9. The molecule has 0 bridgehead atoms. The van der Waals surface area contributed by atoms with Gasteiger partial charge >= 0.3 is 17.1 Å². The predicted molar refractivity (Wildman–Crippen MR) is 164 cm³/mol. The Hall–Kier alpha value is -4.42. The Bertz CT molecular complexity index is 1740. The number of aromatic nitrogens is 3. The van der Waals surface area contributed by atoms with E-state index in [0.717, 1.165) is 22.2 Å². The second kappa shape index (κ2) is 12.7. The molecule has 0 aliphatic carbocycles. The van der Waals surface area contributed by atoms with Crippen LogP contribution in [0.5, 0.6) is 0 Å². The zero-order valence-electron chi connectivity index (χ0n) is 23.3. The summed E-state index contributed by atoms with van der Waals surface area (Å²) in [7, 11) is 1.84. The highest BCUT2D eigenvalue weighted by molar-refractivity contribution is 8.01. The van der Waals surface area contributed by atoms with Crippen molar-refractivity contribution in [2.45, 2.75) is 36.0 Å². The van der Waals surface area contributed by atoms with Crippen LogP contribution in [0.2, 0.25) is 0 Å². The Morgan fingerprint density at radius 3 is 2.70 bits per heavy atom.